The van der Waals surface area contributed by atoms with Gasteiger partial charge in [-0.25, -0.2) is 4.98 Å². The van der Waals surface area contributed by atoms with Crippen LogP contribution in [-0.2, 0) is 0 Å². The van der Waals surface area contributed by atoms with Crippen LogP contribution in [0.15, 0.2) is 24.3 Å². The molecule has 3 N–H and O–H groups in total. The number of benzene rings is 1. The number of nitrogen functional groups attached to an aromatic ring is 1. The molecule has 0 aliphatic rings. The van der Waals surface area contributed by atoms with Crippen molar-refractivity contribution in [3.8, 4) is 11.3 Å². The lowest BCUT2D eigenvalue weighted by Crippen LogP contribution is -1.92. The number of nitrogens with zero attached hydrogens (tertiary/aromatic N) is 1. The average Bonchev–Trinajstić information content (AvgIpc) is 2.60. The number of anilines is 1. The Labute approximate surface area is 95.7 Å². The zero-order valence-electron chi connectivity index (χ0n) is 9.91. The first-order valence-electron chi connectivity index (χ1n) is 5.50. The molecule has 0 fully saturated rings. The van der Waals surface area contributed by atoms with Gasteiger partial charge in [-0.05, 0) is 25.0 Å². The van der Waals surface area contributed by atoms with Gasteiger partial charge in [-0.15, -0.1) is 0 Å². The predicted octanol–water partition coefficient (Wildman–Crippen LogP) is 3.09. The van der Waals surface area contributed by atoms with Crippen LogP contribution < -0.4 is 5.73 Å². The first kappa shape index (κ1) is 10.7. The summed E-state index contributed by atoms with van der Waals surface area (Å²) in [4.78, 5) is 7.84. The molecule has 1 heterocycles. The van der Waals surface area contributed by atoms with Crippen molar-refractivity contribution in [2.45, 2.75) is 26.7 Å². The van der Waals surface area contributed by atoms with Crippen LogP contribution in [0.25, 0.3) is 11.3 Å². The fraction of sp³-hybridized carbons (Fsp3) is 0.308. The molecule has 0 saturated carbocycles. The van der Waals surface area contributed by atoms with E-state index < -0.39 is 0 Å². The summed E-state index contributed by atoms with van der Waals surface area (Å²) in [5.74, 6) is 1.37. The molecule has 0 bridgehead atoms. The van der Waals surface area contributed by atoms with Crippen molar-refractivity contribution in [3.05, 3.63) is 35.8 Å². The van der Waals surface area contributed by atoms with Crippen LogP contribution in [-0.4, -0.2) is 9.97 Å². The van der Waals surface area contributed by atoms with Gasteiger partial charge in [0.15, 0.2) is 0 Å². The summed E-state index contributed by atoms with van der Waals surface area (Å²) in [5, 5.41) is 0. The molecule has 3 nitrogen and oxygen atoms in total. The summed E-state index contributed by atoms with van der Waals surface area (Å²) < 4.78 is 0. The van der Waals surface area contributed by atoms with Crippen LogP contribution in [0.3, 0.4) is 0 Å². The van der Waals surface area contributed by atoms with Gasteiger partial charge in [0, 0.05) is 16.9 Å². The van der Waals surface area contributed by atoms with Gasteiger partial charge in [-0.2, -0.15) is 0 Å². The molecule has 1 aromatic heterocycles. The van der Waals surface area contributed by atoms with Crippen LogP contribution in [0, 0.1) is 6.92 Å². The number of H-pyrrole nitrogens is 1. The molecule has 1 aromatic carbocycles. The molecule has 0 aliphatic carbocycles. The molecule has 0 spiro atoms. The topological polar surface area (TPSA) is 54.7 Å². The second kappa shape index (κ2) is 4.00. The number of hydrogen-bond donors (Lipinski definition) is 2. The minimum absolute atomic E-state index is 0.428. The first-order valence-corrected chi connectivity index (χ1v) is 5.50. The molecule has 16 heavy (non-hydrogen) atoms. The Kier molecular flexibility index (Phi) is 2.69. The third-order valence-corrected chi connectivity index (χ3v) is 2.59. The van der Waals surface area contributed by atoms with Crippen molar-refractivity contribution in [1.82, 2.24) is 9.97 Å². The highest BCUT2D eigenvalue weighted by molar-refractivity contribution is 5.66. The van der Waals surface area contributed by atoms with E-state index in [0.717, 1.165) is 22.8 Å². The Morgan fingerprint density at radius 1 is 1.31 bits per heavy atom. The molecule has 2 rings (SSSR count). The van der Waals surface area contributed by atoms with E-state index in [2.05, 4.69) is 23.8 Å². The molecule has 0 amide bonds. The third kappa shape index (κ3) is 1.94. The van der Waals surface area contributed by atoms with Gasteiger partial charge in [0.25, 0.3) is 0 Å². The van der Waals surface area contributed by atoms with Crippen molar-refractivity contribution in [2.75, 3.05) is 5.73 Å². The fourth-order valence-electron chi connectivity index (χ4n) is 1.83. The summed E-state index contributed by atoms with van der Waals surface area (Å²) in [5.41, 5.74) is 9.82. The number of imidazole rings is 1. The molecule has 0 aliphatic heterocycles. The zero-order valence-corrected chi connectivity index (χ0v) is 9.91. The number of aryl methyl sites for hydroxylation is 1. The maximum absolute atomic E-state index is 5.79. The summed E-state index contributed by atoms with van der Waals surface area (Å²) in [6.45, 7) is 6.28. The van der Waals surface area contributed by atoms with E-state index in [1.807, 2.05) is 31.2 Å². The summed E-state index contributed by atoms with van der Waals surface area (Å²) in [6.07, 6.45) is 0. The van der Waals surface area contributed by atoms with Gasteiger partial charge in [-0.1, -0.05) is 26.0 Å². The van der Waals surface area contributed by atoms with Crippen LogP contribution in [0.1, 0.15) is 31.3 Å². The summed E-state index contributed by atoms with van der Waals surface area (Å²) in [6, 6.07) is 7.84. The third-order valence-electron chi connectivity index (χ3n) is 2.59. The lowest BCUT2D eigenvalue weighted by atomic mass is 10.0. The highest BCUT2D eigenvalue weighted by Crippen LogP contribution is 2.27. The molecule has 84 valence electrons. The number of rotatable bonds is 2. The molecular formula is C13H17N3. The van der Waals surface area contributed by atoms with Crippen LogP contribution in [0.5, 0.6) is 0 Å². The lowest BCUT2D eigenvalue weighted by molar-refractivity contribution is 0.831. The number of nitrogens with two attached hydrogens (primary N) is 1. The number of nitrogens with one attached hydrogen (secondary N) is 1. The van der Waals surface area contributed by atoms with E-state index in [-0.39, 0.29) is 0 Å². The van der Waals surface area contributed by atoms with E-state index in [1.54, 1.807) is 0 Å². The summed E-state index contributed by atoms with van der Waals surface area (Å²) >= 11 is 0. The molecule has 2 aromatic rings. The molecule has 0 saturated heterocycles. The quantitative estimate of drug-likeness (QED) is 0.756. The molecular weight excluding hydrogens is 198 g/mol. The van der Waals surface area contributed by atoms with Gasteiger partial charge in [0.2, 0.25) is 0 Å². The maximum Gasteiger partial charge on any atom is 0.103 e. The largest absolute Gasteiger partial charge is 0.399 e. The van der Waals surface area contributed by atoms with Crippen LogP contribution in [0.4, 0.5) is 5.69 Å². The Hall–Kier alpha value is -1.77. The van der Waals surface area contributed by atoms with Crippen molar-refractivity contribution in [1.29, 1.82) is 0 Å². The smallest absolute Gasteiger partial charge is 0.103 e. The SMILES string of the molecule is Cc1nc(-c2cccc(N)c2)c(C(C)C)[nH]1. The highest BCUT2D eigenvalue weighted by Gasteiger charge is 2.13. The monoisotopic (exact) mass is 215 g/mol. The minimum Gasteiger partial charge on any atom is -0.399 e. The summed E-state index contributed by atoms with van der Waals surface area (Å²) in [7, 11) is 0. The van der Waals surface area contributed by atoms with Crippen molar-refractivity contribution in [3.63, 3.8) is 0 Å². The van der Waals surface area contributed by atoms with Gasteiger partial charge in [0.1, 0.15) is 5.82 Å². The van der Waals surface area contributed by atoms with Crippen molar-refractivity contribution in [2.24, 2.45) is 0 Å². The number of aromatic amines is 1. The second-order valence-electron chi connectivity index (χ2n) is 4.36. The average molecular weight is 215 g/mol. The van der Waals surface area contributed by atoms with Crippen molar-refractivity contribution < 1.29 is 0 Å². The minimum atomic E-state index is 0.428. The molecule has 0 atom stereocenters. The normalized spacial score (nSPS) is 11.0. The highest BCUT2D eigenvalue weighted by atomic mass is 14.9. The lowest BCUT2D eigenvalue weighted by Gasteiger charge is -2.06. The predicted molar refractivity (Wildman–Crippen MR) is 67.3 cm³/mol. The van der Waals surface area contributed by atoms with Gasteiger partial charge in [-0.3, -0.25) is 0 Å². The van der Waals surface area contributed by atoms with Gasteiger partial charge < -0.3 is 10.7 Å². The molecule has 0 radical (unpaired) electrons. The van der Waals surface area contributed by atoms with Gasteiger partial charge in [0.05, 0.1) is 5.69 Å². The zero-order chi connectivity index (χ0) is 11.7. The van der Waals surface area contributed by atoms with E-state index in [0.29, 0.717) is 5.92 Å². The van der Waals surface area contributed by atoms with Crippen LogP contribution >= 0.6 is 0 Å². The standard InChI is InChI=1S/C13H17N3/c1-8(2)12-13(16-9(3)15-12)10-5-4-6-11(14)7-10/h4-8H,14H2,1-3H3,(H,15,16). The van der Waals surface area contributed by atoms with E-state index in [1.165, 1.54) is 5.69 Å². The number of aromatic nitrogens is 2. The Morgan fingerprint density at radius 3 is 2.69 bits per heavy atom. The second-order valence-corrected chi connectivity index (χ2v) is 4.36. The Bertz CT molecular complexity index is 498. The van der Waals surface area contributed by atoms with E-state index in [9.17, 15) is 0 Å². The molecule has 0 unspecified atom stereocenters. The number of hydrogen-bond acceptors (Lipinski definition) is 2. The molecule has 3 heteroatoms. The van der Waals surface area contributed by atoms with Crippen molar-refractivity contribution >= 4 is 5.69 Å². The Balaban J connectivity index is 2.55. The maximum atomic E-state index is 5.79. The fourth-order valence-corrected chi connectivity index (χ4v) is 1.83. The van der Waals surface area contributed by atoms with Crippen LogP contribution in [0.2, 0.25) is 0 Å². The van der Waals surface area contributed by atoms with E-state index >= 15 is 0 Å². The Morgan fingerprint density at radius 2 is 2.06 bits per heavy atom. The first-order chi connectivity index (χ1) is 7.58. The van der Waals surface area contributed by atoms with E-state index in [4.69, 9.17) is 5.73 Å². The van der Waals surface area contributed by atoms with Gasteiger partial charge >= 0.3 is 0 Å².